The molecule has 1 aliphatic carbocycles. The van der Waals surface area contributed by atoms with Gasteiger partial charge in [-0.2, -0.15) is 0 Å². The molecule has 30 heavy (non-hydrogen) atoms. The summed E-state index contributed by atoms with van der Waals surface area (Å²) in [5, 5.41) is 0. The second-order valence-corrected chi connectivity index (χ2v) is 6.46. The van der Waals surface area contributed by atoms with Crippen molar-refractivity contribution in [1.82, 2.24) is 9.97 Å². The van der Waals surface area contributed by atoms with Crippen molar-refractivity contribution >= 4 is 11.4 Å². The van der Waals surface area contributed by atoms with Gasteiger partial charge in [-0.05, 0) is 24.2 Å². The van der Waals surface area contributed by atoms with Gasteiger partial charge in [0.2, 0.25) is 0 Å². The Balaban J connectivity index is 0.000000175. The molecular formula is C26H18IrN2O-2. The van der Waals surface area contributed by atoms with Gasteiger partial charge in [-0.25, -0.2) is 0 Å². The maximum atomic E-state index is 12.0. The topological polar surface area (TPSA) is 42.9 Å². The van der Waals surface area contributed by atoms with Gasteiger partial charge in [0, 0.05) is 38.2 Å². The Bertz CT molecular complexity index is 1090. The first kappa shape index (κ1) is 21.5. The number of carbonyl (C=O) groups is 1. The molecule has 2 aromatic heterocycles. The minimum Gasteiger partial charge on any atom is -0.341 e. The number of nitrogens with zero attached hydrogens (tertiary/aromatic N) is 2. The van der Waals surface area contributed by atoms with E-state index in [-0.39, 0.29) is 25.9 Å². The molecular weight excluding hydrogens is 549 g/mol. The van der Waals surface area contributed by atoms with E-state index in [1.807, 2.05) is 84.9 Å². The summed E-state index contributed by atoms with van der Waals surface area (Å²) in [5.74, 6) is 0.0856. The predicted molar refractivity (Wildman–Crippen MR) is 114 cm³/mol. The van der Waals surface area contributed by atoms with Crippen LogP contribution in [0.15, 0.2) is 97.3 Å². The van der Waals surface area contributed by atoms with Gasteiger partial charge in [-0.15, -0.1) is 59.2 Å². The first-order chi connectivity index (χ1) is 14.3. The average molecular weight is 567 g/mol. The van der Waals surface area contributed by atoms with E-state index < -0.39 is 0 Å². The minimum atomic E-state index is 0. The standard InChI is InChI=1S/C15H10NO.C11H8N.Ir/c17-15-10-12-6-2-1-5-11(12)9-13(15)14-7-3-4-8-16-14;1-2-6-10(7-3-1)11-8-4-5-9-12-11;/h1-8H,10H2;1-6,8-9H;/q2*-1;. The van der Waals surface area contributed by atoms with E-state index in [9.17, 15) is 4.79 Å². The maximum absolute atomic E-state index is 12.0. The molecule has 0 fully saturated rings. The van der Waals surface area contributed by atoms with Crippen LogP contribution in [0.4, 0.5) is 0 Å². The molecule has 1 aliphatic rings. The molecule has 0 saturated carbocycles. The summed E-state index contributed by atoms with van der Waals surface area (Å²) in [7, 11) is 0. The summed E-state index contributed by atoms with van der Waals surface area (Å²) in [6, 6.07) is 30.2. The summed E-state index contributed by atoms with van der Waals surface area (Å²) >= 11 is 0. The van der Waals surface area contributed by atoms with Gasteiger partial charge in [-0.3, -0.25) is 4.98 Å². The van der Waals surface area contributed by atoms with Crippen LogP contribution in [0.25, 0.3) is 16.8 Å². The van der Waals surface area contributed by atoms with Crippen LogP contribution < -0.4 is 0 Å². The number of aromatic nitrogens is 2. The van der Waals surface area contributed by atoms with Gasteiger partial charge >= 0.3 is 0 Å². The second-order valence-electron chi connectivity index (χ2n) is 6.46. The molecule has 0 spiro atoms. The monoisotopic (exact) mass is 567 g/mol. The van der Waals surface area contributed by atoms with Gasteiger partial charge in [0.25, 0.3) is 0 Å². The molecule has 0 unspecified atom stereocenters. The normalized spacial score (nSPS) is 11.9. The first-order valence-electron chi connectivity index (χ1n) is 9.36. The molecule has 2 heterocycles. The van der Waals surface area contributed by atoms with Crippen molar-refractivity contribution in [3.63, 3.8) is 0 Å². The average Bonchev–Trinajstić information content (AvgIpc) is 2.81. The maximum Gasteiger partial charge on any atom is 0.0952 e. The fourth-order valence-corrected chi connectivity index (χ4v) is 3.05. The zero-order chi connectivity index (χ0) is 19.9. The van der Waals surface area contributed by atoms with Crippen molar-refractivity contribution in [3.8, 4) is 11.3 Å². The predicted octanol–water partition coefficient (Wildman–Crippen LogP) is 4.99. The fourth-order valence-electron chi connectivity index (χ4n) is 3.05. The number of ketones is 1. The summed E-state index contributed by atoms with van der Waals surface area (Å²) in [6.45, 7) is 0. The molecule has 0 atom stereocenters. The van der Waals surface area contributed by atoms with Gasteiger partial charge < -0.3 is 9.78 Å². The van der Waals surface area contributed by atoms with E-state index in [2.05, 4.69) is 22.1 Å². The van der Waals surface area contributed by atoms with Gasteiger partial charge in [-0.1, -0.05) is 48.0 Å². The number of fused-ring (bicyclic) bond motifs is 1. The van der Waals surface area contributed by atoms with E-state index in [1.165, 1.54) is 0 Å². The number of benzene rings is 2. The minimum absolute atomic E-state index is 0. The molecule has 2 aromatic carbocycles. The molecule has 0 aliphatic heterocycles. The zero-order valence-corrected chi connectivity index (χ0v) is 18.5. The van der Waals surface area contributed by atoms with Crippen molar-refractivity contribution in [2.75, 3.05) is 0 Å². The van der Waals surface area contributed by atoms with Crippen LogP contribution in [-0.4, -0.2) is 15.8 Å². The second kappa shape index (κ2) is 10.5. The van der Waals surface area contributed by atoms with Crippen LogP contribution in [0.2, 0.25) is 0 Å². The van der Waals surface area contributed by atoms with Gasteiger partial charge in [0.1, 0.15) is 0 Å². The Labute approximate surface area is 189 Å². The SMILES string of the molecule is O=C1Cc2ccccc2[C-]=C1c1ccccn1.[Ir].[c-]1ccccc1-c1ccccn1. The van der Waals surface area contributed by atoms with Crippen LogP contribution >= 0.6 is 0 Å². The summed E-state index contributed by atoms with van der Waals surface area (Å²) < 4.78 is 0. The molecule has 0 saturated heterocycles. The Morgan fingerprint density at radius 1 is 0.733 bits per heavy atom. The molecule has 1 radical (unpaired) electrons. The van der Waals surface area contributed by atoms with E-state index >= 15 is 0 Å². The molecule has 3 nitrogen and oxygen atoms in total. The summed E-state index contributed by atoms with van der Waals surface area (Å²) in [6.07, 6.45) is 7.09. The number of allylic oxidation sites excluding steroid dienone is 1. The molecule has 4 aromatic rings. The van der Waals surface area contributed by atoms with Gasteiger partial charge in [0.05, 0.1) is 5.78 Å². The van der Waals surface area contributed by atoms with Crippen LogP contribution in [-0.2, 0) is 31.3 Å². The zero-order valence-electron chi connectivity index (χ0n) is 16.1. The van der Waals surface area contributed by atoms with Crippen molar-refractivity contribution < 1.29 is 24.9 Å². The molecule has 0 N–H and O–H groups in total. The number of carbonyl (C=O) groups excluding carboxylic acids is 1. The van der Waals surface area contributed by atoms with Crippen LogP contribution in [0.3, 0.4) is 0 Å². The summed E-state index contributed by atoms with van der Waals surface area (Å²) in [4.78, 5) is 20.4. The number of rotatable bonds is 2. The number of hydrogen-bond donors (Lipinski definition) is 0. The Hall–Kier alpha value is -3.20. The van der Waals surface area contributed by atoms with Crippen molar-refractivity contribution in [1.29, 1.82) is 0 Å². The fraction of sp³-hybridized carbons (Fsp3) is 0.0385. The van der Waals surface area contributed by atoms with E-state index in [1.54, 1.807) is 12.4 Å². The summed E-state index contributed by atoms with van der Waals surface area (Å²) in [5.41, 5.74) is 5.33. The van der Waals surface area contributed by atoms with E-state index in [4.69, 9.17) is 0 Å². The third kappa shape index (κ3) is 5.24. The molecule has 5 rings (SSSR count). The van der Waals surface area contributed by atoms with E-state index in [0.29, 0.717) is 17.7 Å². The quantitative estimate of drug-likeness (QED) is 0.321. The van der Waals surface area contributed by atoms with Crippen molar-refractivity contribution in [2.24, 2.45) is 0 Å². The number of Topliss-reactive ketones (excluding diaryl/α,β-unsaturated/α-hetero) is 1. The smallest absolute Gasteiger partial charge is 0.0952 e. The Morgan fingerprint density at radius 2 is 1.40 bits per heavy atom. The third-order valence-electron chi connectivity index (χ3n) is 4.48. The molecule has 0 bridgehead atoms. The van der Waals surface area contributed by atoms with Crippen LogP contribution in [0.1, 0.15) is 16.8 Å². The number of hydrogen-bond acceptors (Lipinski definition) is 3. The van der Waals surface area contributed by atoms with Gasteiger partial charge in [0.15, 0.2) is 0 Å². The third-order valence-corrected chi connectivity index (χ3v) is 4.48. The molecule has 149 valence electrons. The van der Waals surface area contributed by atoms with Crippen LogP contribution in [0.5, 0.6) is 0 Å². The van der Waals surface area contributed by atoms with Crippen molar-refractivity contribution in [2.45, 2.75) is 6.42 Å². The van der Waals surface area contributed by atoms with Crippen molar-refractivity contribution in [3.05, 3.63) is 126 Å². The van der Waals surface area contributed by atoms with Crippen LogP contribution in [0, 0.1) is 12.1 Å². The molecule has 4 heteroatoms. The Kier molecular flexibility index (Phi) is 7.56. The number of pyridine rings is 2. The molecule has 0 amide bonds. The Morgan fingerprint density at radius 3 is 2.07 bits per heavy atom. The van der Waals surface area contributed by atoms with E-state index in [0.717, 1.165) is 22.4 Å². The largest absolute Gasteiger partial charge is 0.341 e. The first-order valence-corrected chi connectivity index (χ1v) is 9.36.